The van der Waals surface area contributed by atoms with Gasteiger partial charge in [0.2, 0.25) is 5.95 Å². The van der Waals surface area contributed by atoms with Gasteiger partial charge < -0.3 is 16.0 Å². The Morgan fingerprint density at radius 1 is 1.50 bits per heavy atom. The Balaban J connectivity index is 1.87. The van der Waals surface area contributed by atoms with E-state index in [1.807, 2.05) is 0 Å². The second-order valence-corrected chi connectivity index (χ2v) is 5.69. The normalized spacial score (nSPS) is 12.5. The summed E-state index contributed by atoms with van der Waals surface area (Å²) in [6.45, 7) is 1.69. The number of H-pyrrole nitrogens is 2. The van der Waals surface area contributed by atoms with E-state index in [0.717, 1.165) is 4.47 Å². The highest BCUT2D eigenvalue weighted by Crippen LogP contribution is 2.24. The van der Waals surface area contributed by atoms with E-state index in [-0.39, 0.29) is 11.6 Å². The first-order valence-electron chi connectivity index (χ1n) is 6.41. The predicted molar refractivity (Wildman–Crippen MR) is 82.6 cm³/mol. The molecule has 3 aromatic rings. The quantitative estimate of drug-likeness (QED) is 0.569. The average Bonchev–Trinajstić information content (AvgIpc) is 3.04. The molecule has 22 heavy (non-hydrogen) atoms. The third-order valence-corrected chi connectivity index (χ3v) is 3.70. The SMILES string of the molecule is CC(NC(=O)c1[nH]c2ccc(Br)cc2c1F)c1nc(N)n[nH]1. The molecule has 0 saturated heterocycles. The van der Waals surface area contributed by atoms with Gasteiger partial charge in [-0.05, 0) is 25.1 Å². The van der Waals surface area contributed by atoms with E-state index in [1.165, 1.54) is 0 Å². The van der Waals surface area contributed by atoms with Gasteiger partial charge in [-0.15, -0.1) is 5.10 Å². The lowest BCUT2D eigenvalue weighted by atomic mass is 10.2. The standard InChI is InChI=1S/C13H12BrFN6O/c1-5(11-19-13(16)21-20-11)17-12(22)10-9(15)7-4-6(14)2-3-8(7)18-10/h2-5,18H,1H3,(H,17,22)(H3,16,19,20,21). The number of carbonyl (C=O) groups is 1. The Bertz CT molecular complexity index is 857. The summed E-state index contributed by atoms with van der Waals surface area (Å²) < 4.78 is 15.1. The molecule has 0 spiro atoms. The number of nitrogen functional groups attached to an aromatic ring is 1. The van der Waals surface area contributed by atoms with Crippen molar-refractivity contribution >= 4 is 38.7 Å². The van der Waals surface area contributed by atoms with E-state index in [9.17, 15) is 9.18 Å². The summed E-state index contributed by atoms with van der Waals surface area (Å²) in [5, 5.41) is 9.26. The number of benzene rings is 1. The predicted octanol–water partition coefficient (Wildman–Crippen LogP) is 2.26. The Morgan fingerprint density at radius 2 is 2.27 bits per heavy atom. The minimum atomic E-state index is -0.599. The van der Waals surface area contributed by atoms with Gasteiger partial charge in [-0.1, -0.05) is 15.9 Å². The number of fused-ring (bicyclic) bond motifs is 1. The lowest BCUT2D eigenvalue weighted by Crippen LogP contribution is -2.28. The third-order valence-electron chi connectivity index (χ3n) is 3.20. The first-order chi connectivity index (χ1) is 10.5. The third kappa shape index (κ3) is 2.54. The van der Waals surface area contributed by atoms with Gasteiger partial charge >= 0.3 is 0 Å². The summed E-state index contributed by atoms with van der Waals surface area (Å²) in [4.78, 5) is 18.9. The molecule has 1 amide bonds. The van der Waals surface area contributed by atoms with Crippen LogP contribution in [-0.4, -0.2) is 26.1 Å². The maximum Gasteiger partial charge on any atom is 0.271 e. The number of nitrogens with zero attached hydrogens (tertiary/aromatic N) is 2. The molecule has 0 aliphatic rings. The highest BCUT2D eigenvalue weighted by Gasteiger charge is 2.21. The monoisotopic (exact) mass is 366 g/mol. The first kappa shape index (κ1) is 14.5. The molecule has 1 aromatic carbocycles. The van der Waals surface area contributed by atoms with E-state index >= 15 is 0 Å². The second-order valence-electron chi connectivity index (χ2n) is 4.78. The van der Waals surface area contributed by atoms with Crippen molar-refractivity contribution in [2.75, 3.05) is 5.73 Å². The maximum atomic E-state index is 14.3. The van der Waals surface area contributed by atoms with Crippen molar-refractivity contribution < 1.29 is 9.18 Å². The molecule has 2 aromatic heterocycles. The largest absolute Gasteiger partial charge is 0.367 e. The molecule has 1 atom stereocenters. The van der Waals surface area contributed by atoms with Crippen LogP contribution in [0.15, 0.2) is 22.7 Å². The fourth-order valence-corrected chi connectivity index (χ4v) is 2.47. The number of halogens is 2. The molecule has 5 N–H and O–H groups in total. The molecule has 7 nitrogen and oxygen atoms in total. The first-order valence-corrected chi connectivity index (χ1v) is 7.20. The second kappa shape index (κ2) is 5.41. The highest BCUT2D eigenvalue weighted by atomic mass is 79.9. The van der Waals surface area contributed by atoms with Crippen molar-refractivity contribution in [3.05, 3.63) is 40.0 Å². The van der Waals surface area contributed by atoms with Crippen LogP contribution in [-0.2, 0) is 0 Å². The average molecular weight is 367 g/mol. The number of hydrogen-bond acceptors (Lipinski definition) is 4. The Morgan fingerprint density at radius 3 is 2.95 bits per heavy atom. The Labute approximate surface area is 132 Å². The van der Waals surface area contributed by atoms with Crippen molar-refractivity contribution in [3.8, 4) is 0 Å². The van der Waals surface area contributed by atoms with Crippen molar-refractivity contribution in [2.45, 2.75) is 13.0 Å². The molecule has 0 bridgehead atoms. The molecule has 2 heterocycles. The zero-order chi connectivity index (χ0) is 15.9. The van der Waals surface area contributed by atoms with Crippen molar-refractivity contribution in [2.24, 2.45) is 0 Å². The minimum absolute atomic E-state index is 0.0812. The van der Waals surface area contributed by atoms with Gasteiger partial charge in [0.25, 0.3) is 5.91 Å². The lowest BCUT2D eigenvalue weighted by Gasteiger charge is -2.09. The molecular weight excluding hydrogens is 355 g/mol. The Kier molecular flexibility index (Phi) is 3.57. The van der Waals surface area contributed by atoms with E-state index in [2.05, 4.69) is 41.4 Å². The summed E-state index contributed by atoms with van der Waals surface area (Å²) in [5.74, 6) is -0.701. The Hall–Kier alpha value is -2.42. The summed E-state index contributed by atoms with van der Waals surface area (Å²) in [6.07, 6.45) is 0. The van der Waals surface area contributed by atoms with E-state index < -0.39 is 17.8 Å². The molecule has 1 unspecified atom stereocenters. The number of hydrogen-bond donors (Lipinski definition) is 4. The van der Waals surface area contributed by atoms with Crippen molar-refractivity contribution in [1.29, 1.82) is 0 Å². The maximum absolute atomic E-state index is 14.3. The number of nitrogens with one attached hydrogen (secondary N) is 3. The van der Waals surface area contributed by atoms with Gasteiger partial charge in [0.15, 0.2) is 5.82 Å². The van der Waals surface area contributed by atoms with Gasteiger partial charge in [0.1, 0.15) is 11.5 Å². The van der Waals surface area contributed by atoms with Crippen LogP contribution in [0, 0.1) is 5.82 Å². The van der Waals surface area contributed by atoms with Crippen LogP contribution in [0.1, 0.15) is 29.3 Å². The van der Waals surface area contributed by atoms with Crippen LogP contribution in [0.3, 0.4) is 0 Å². The summed E-state index contributed by atoms with van der Waals surface area (Å²) in [7, 11) is 0. The van der Waals surface area contributed by atoms with Crippen LogP contribution in [0.5, 0.6) is 0 Å². The fraction of sp³-hybridized carbons (Fsp3) is 0.154. The fourth-order valence-electron chi connectivity index (χ4n) is 2.11. The molecule has 0 aliphatic carbocycles. The number of rotatable bonds is 3. The smallest absolute Gasteiger partial charge is 0.271 e. The summed E-state index contributed by atoms with van der Waals surface area (Å²) in [6, 6.07) is 4.58. The molecule has 3 rings (SSSR count). The molecule has 9 heteroatoms. The number of carbonyl (C=O) groups excluding carboxylic acids is 1. The number of amides is 1. The lowest BCUT2D eigenvalue weighted by molar-refractivity contribution is 0.0930. The van der Waals surface area contributed by atoms with Crippen molar-refractivity contribution in [3.63, 3.8) is 0 Å². The van der Waals surface area contributed by atoms with E-state index in [0.29, 0.717) is 16.7 Å². The van der Waals surface area contributed by atoms with Gasteiger partial charge in [0, 0.05) is 15.4 Å². The molecule has 0 aliphatic heterocycles. The molecule has 0 radical (unpaired) electrons. The molecule has 0 saturated carbocycles. The summed E-state index contributed by atoms with van der Waals surface area (Å²) in [5.41, 5.74) is 5.82. The van der Waals surface area contributed by atoms with Gasteiger partial charge in [0.05, 0.1) is 6.04 Å². The number of aromatic nitrogens is 4. The zero-order valence-corrected chi connectivity index (χ0v) is 13.0. The van der Waals surface area contributed by atoms with Crippen LogP contribution in [0.25, 0.3) is 10.9 Å². The molecule has 114 valence electrons. The van der Waals surface area contributed by atoms with Crippen molar-refractivity contribution in [1.82, 2.24) is 25.5 Å². The number of anilines is 1. The van der Waals surface area contributed by atoms with Gasteiger partial charge in [-0.2, -0.15) is 4.98 Å². The van der Waals surface area contributed by atoms with Crippen LogP contribution >= 0.6 is 15.9 Å². The van der Waals surface area contributed by atoms with Gasteiger partial charge in [-0.25, -0.2) is 4.39 Å². The number of nitrogens with two attached hydrogens (primary N) is 1. The van der Waals surface area contributed by atoms with Crippen LogP contribution in [0.4, 0.5) is 10.3 Å². The van der Waals surface area contributed by atoms with E-state index in [1.54, 1.807) is 25.1 Å². The summed E-state index contributed by atoms with van der Waals surface area (Å²) >= 11 is 3.27. The van der Waals surface area contributed by atoms with Gasteiger partial charge in [-0.3, -0.25) is 9.89 Å². The minimum Gasteiger partial charge on any atom is -0.367 e. The zero-order valence-electron chi connectivity index (χ0n) is 11.4. The van der Waals surface area contributed by atoms with Crippen LogP contribution < -0.4 is 11.1 Å². The topological polar surface area (TPSA) is 112 Å². The van der Waals surface area contributed by atoms with Crippen LogP contribution in [0.2, 0.25) is 0 Å². The molecule has 0 fully saturated rings. The van der Waals surface area contributed by atoms with E-state index in [4.69, 9.17) is 5.73 Å². The highest BCUT2D eigenvalue weighted by molar-refractivity contribution is 9.10. The number of aromatic amines is 2. The molecular formula is C13H12BrFN6O.